The molecule has 0 bridgehead atoms. The largest absolute Gasteiger partial charge is 0.462 e. The summed E-state index contributed by atoms with van der Waals surface area (Å²) in [6.45, 7) is 2.04. The van der Waals surface area contributed by atoms with Crippen molar-refractivity contribution in [1.29, 1.82) is 0 Å². The van der Waals surface area contributed by atoms with E-state index in [0.717, 1.165) is 6.07 Å². The van der Waals surface area contributed by atoms with E-state index in [9.17, 15) is 27.6 Å². The summed E-state index contributed by atoms with van der Waals surface area (Å²) in [4.78, 5) is 37.3. The molecule has 4 rings (SSSR count). The van der Waals surface area contributed by atoms with Gasteiger partial charge in [-0.2, -0.15) is 13.2 Å². The van der Waals surface area contributed by atoms with Crippen LogP contribution >= 0.6 is 11.6 Å². The molecule has 0 saturated carbocycles. The smallest absolute Gasteiger partial charge is 0.453 e. The number of hydrogen-bond donors (Lipinski definition) is 0. The van der Waals surface area contributed by atoms with Gasteiger partial charge >= 0.3 is 18.1 Å². The van der Waals surface area contributed by atoms with E-state index in [1.165, 1.54) is 36.4 Å². The summed E-state index contributed by atoms with van der Waals surface area (Å²) in [6.07, 6.45) is -4.58. The second-order valence-corrected chi connectivity index (χ2v) is 8.72. The highest BCUT2D eigenvalue weighted by atomic mass is 35.5. The number of hydrogen-bond acceptors (Lipinski definition) is 7. The van der Waals surface area contributed by atoms with Crippen LogP contribution in [0.3, 0.4) is 0 Å². The molecular weight excluding hydrogens is 541 g/mol. The summed E-state index contributed by atoms with van der Waals surface area (Å²) in [5.41, 5.74) is -0.765. The van der Waals surface area contributed by atoms with Crippen LogP contribution in [0.4, 0.5) is 13.2 Å². The van der Waals surface area contributed by atoms with Gasteiger partial charge in [-0.3, -0.25) is 9.59 Å². The third-order valence-corrected chi connectivity index (χ3v) is 5.57. The third-order valence-electron chi connectivity index (χ3n) is 5.32. The van der Waals surface area contributed by atoms with Crippen molar-refractivity contribution in [2.24, 2.45) is 0 Å². The lowest BCUT2D eigenvalue weighted by atomic mass is 10.1. The molecule has 3 aromatic carbocycles. The summed E-state index contributed by atoms with van der Waals surface area (Å²) in [6, 6.07) is 15.0. The minimum absolute atomic E-state index is 0.114. The fourth-order valence-corrected chi connectivity index (χ4v) is 3.62. The van der Waals surface area contributed by atoms with Crippen molar-refractivity contribution in [3.8, 4) is 17.2 Å². The van der Waals surface area contributed by atoms with Crippen molar-refractivity contribution in [1.82, 2.24) is 0 Å². The lowest BCUT2D eigenvalue weighted by Gasteiger charge is -2.14. The van der Waals surface area contributed by atoms with Crippen LogP contribution < -0.4 is 14.9 Å². The number of benzene rings is 3. The minimum atomic E-state index is -5.09. The van der Waals surface area contributed by atoms with Crippen molar-refractivity contribution in [2.75, 3.05) is 6.61 Å². The van der Waals surface area contributed by atoms with Crippen molar-refractivity contribution in [2.45, 2.75) is 25.9 Å². The summed E-state index contributed by atoms with van der Waals surface area (Å²) >= 11 is 5.82. The number of halogens is 4. The van der Waals surface area contributed by atoms with Crippen LogP contribution in [0, 0.1) is 0 Å². The standard InChI is InChI=1S/C28H20ClF3O7/c1-2-13-36-27(35)17-5-9-19(10-6-17)38-25-24(34)21-12-11-20(15-22(21)39-26(25)28(30,31)32)37-23(33)14-16-3-7-18(29)8-4-16/h3-12,15H,2,13-14H2,1H3. The van der Waals surface area contributed by atoms with E-state index in [4.69, 9.17) is 30.2 Å². The second-order valence-electron chi connectivity index (χ2n) is 8.28. The second kappa shape index (κ2) is 11.6. The van der Waals surface area contributed by atoms with Gasteiger partial charge in [-0.25, -0.2) is 4.79 Å². The number of alkyl halides is 3. The number of rotatable bonds is 8. The first-order valence-electron chi connectivity index (χ1n) is 11.6. The van der Waals surface area contributed by atoms with Gasteiger partial charge in [0.15, 0.2) is 0 Å². The lowest BCUT2D eigenvalue weighted by molar-refractivity contribution is -0.154. The highest BCUT2D eigenvalue weighted by molar-refractivity contribution is 6.30. The Bertz CT molecular complexity index is 1560. The topological polar surface area (TPSA) is 92.0 Å². The Morgan fingerprint density at radius 1 is 0.949 bits per heavy atom. The Kier molecular flexibility index (Phi) is 8.25. The van der Waals surface area contributed by atoms with E-state index in [2.05, 4.69) is 0 Å². The van der Waals surface area contributed by atoms with Gasteiger partial charge in [0.25, 0.3) is 5.76 Å². The minimum Gasteiger partial charge on any atom is -0.462 e. The zero-order valence-electron chi connectivity index (χ0n) is 20.3. The molecule has 0 spiro atoms. The number of carbonyl (C=O) groups is 2. The maximum absolute atomic E-state index is 13.9. The first kappa shape index (κ1) is 27.7. The average Bonchev–Trinajstić information content (AvgIpc) is 2.89. The van der Waals surface area contributed by atoms with Gasteiger partial charge < -0.3 is 18.6 Å². The van der Waals surface area contributed by atoms with Crippen LogP contribution in [0.15, 0.2) is 75.9 Å². The van der Waals surface area contributed by atoms with Crippen LogP contribution in [0.1, 0.15) is 35.0 Å². The quantitative estimate of drug-likeness (QED) is 0.170. The molecule has 0 N–H and O–H groups in total. The van der Waals surface area contributed by atoms with Crippen molar-refractivity contribution >= 4 is 34.5 Å². The summed E-state index contributed by atoms with van der Waals surface area (Å²) < 4.78 is 62.1. The Morgan fingerprint density at radius 2 is 1.62 bits per heavy atom. The number of carbonyl (C=O) groups excluding carboxylic acids is 2. The van der Waals surface area contributed by atoms with Crippen LogP contribution in [0.5, 0.6) is 17.2 Å². The van der Waals surface area contributed by atoms with Crippen molar-refractivity contribution in [3.05, 3.63) is 98.9 Å². The fraction of sp³-hybridized carbons (Fsp3) is 0.179. The zero-order valence-corrected chi connectivity index (χ0v) is 21.1. The highest BCUT2D eigenvalue weighted by Gasteiger charge is 2.40. The van der Waals surface area contributed by atoms with Crippen molar-refractivity contribution in [3.63, 3.8) is 0 Å². The maximum Gasteiger partial charge on any atom is 0.453 e. The van der Waals surface area contributed by atoms with E-state index in [1.54, 1.807) is 24.3 Å². The van der Waals surface area contributed by atoms with Gasteiger partial charge in [-0.15, -0.1) is 0 Å². The molecular formula is C28H20ClF3O7. The molecule has 11 heteroatoms. The predicted molar refractivity (Wildman–Crippen MR) is 135 cm³/mol. The molecule has 4 aromatic rings. The normalized spacial score (nSPS) is 11.3. The molecule has 0 atom stereocenters. The van der Waals surface area contributed by atoms with Gasteiger partial charge in [-0.05, 0) is 60.5 Å². The Labute approximate surface area is 224 Å². The number of ether oxygens (including phenoxy) is 3. The SMILES string of the molecule is CCCOC(=O)c1ccc(Oc2c(C(F)(F)F)oc3cc(OC(=O)Cc4ccc(Cl)cc4)ccc3c2=O)cc1. The zero-order chi connectivity index (χ0) is 28.2. The molecule has 1 heterocycles. The van der Waals surface area contributed by atoms with Gasteiger partial charge in [0, 0.05) is 11.1 Å². The molecule has 0 amide bonds. The Balaban J connectivity index is 1.61. The monoisotopic (exact) mass is 560 g/mol. The molecule has 0 fully saturated rings. The predicted octanol–water partition coefficient (Wildman–Crippen LogP) is 6.97. The first-order chi connectivity index (χ1) is 18.5. The molecule has 0 aliphatic heterocycles. The molecule has 7 nitrogen and oxygen atoms in total. The van der Waals surface area contributed by atoms with Gasteiger partial charge in [0.1, 0.15) is 17.1 Å². The van der Waals surface area contributed by atoms with Gasteiger partial charge in [0.05, 0.1) is 24.0 Å². The van der Waals surface area contributed by atoms with Crippen LogP contribution in [-0.2, 0) is 22.1 Å². The summed E-state index contributed by atoms with van der Waals surface area (Å²) in [7, 11) is 0. The van der Waals surface area contributed by atoms with E-state index in [1.807, 2.05) is 6.92 Å². The first-order valence-corrected chi connectivity index (χ1v) is 12.0. The van der Waals surface area contributed by atoms with Crippen molar-refractivity contribution < 1.29 is 41.4 Å². The summed E-state index contributed by atoms with van der Waals surface area (Å²) in [5.74, 6) is -4.28. The van der Waals surface area contributed by atoms with Crippen LogP contribution in [0.25, 0.3) is 11.0 Å². The molecule has 0 aliphatic carbocycles. The van der Waals surface area contributed by atoms with E-state index < -0.39 is 40.6 Å². The Morgan fingerprint density at radius 3 is 2.26 bits per heavy atom. The lowest BCUT2D eigenvalue weighted by Crippen LogP contribution is -2.16. The third kappa shape index (κ3) is 6.77. The highest BCUT2D eigenvalue weighted by Crippen LogP contribution is 2.38. The van der Waals surface area contributed by atoms with E-state index >= 15 is 0 Å². The molecule has 0 saturated heterocycles. The fourth-order valence-electron chi connectivity index (χ4n) is 3.49. The molecule has 202 valence electrons. The van der Waals surface area contributed by atoms with Crippen LogP contribution in [-0.4, -0.2) is 18.5 Å². The maximum atomic E-state index is 13.9. The molecule has 39 heavy (non-hydrogen) atoms. The summed E-state index contributed by atoms with van der Waals surface area (Å²) in [5, 5.41) is 0.264. The number of esters is 2. The van der Waals surface area contributed by atoms with E-state index in [-0.39, 0.29) is 35.5 Å². The Hall–Kier alpha value is -4.31. The van der Waals surface area contributed by atoms with E-state index in [0.29, 0.717) is 17.0 Å². The molecule has 0 radical (unpaired) electrons. The molecule has 0 aliphatic rings. The number of fused-ring (bicyclic) bond motifs is 1. The average molecular weight is 561 g/mol. The molecule has 1 aromatic heterocycles. The van der Waals surface area contributed by atoms with Gasteiger partial charge in [-0.1, -0.05) is 30.7 Å². The van der Waals surface area contributed by atoms with Crippen LogP contribution in [0.2, 0.25) is 5.02 Å². The van der Waals surface area contributed by atoms with Gasteiger partial charge in [0.2, 0.25) is 11.2 Å². The molecule has 0 unspecified atom stereocenters.